The monoisotopic (exact) mass is 362 g/mol. The topological polar surface area (TPSA) is 40.5 Å². The lowest BCUT2D eigenvalue weighted by molar-refractivity contribution is 0.475. The van der Waals surface area contributed by atoms with Gasteiger partial charge in [0, 0.05) is 0 Å². The Labute approximate surface area is 162 Å². The summed E-state index contributed by atoms with van der Waals surface area (Å²) in [7, 11) is 0. The molecule has 2 nitrogen and oxygen atoms in total. The molecule has 5 aromatic rings. The van der Waals surface area contributed by atoms with Crippen LogP contribution in [0.2, 0.25) is 0 Å². The molecule has 134 valence electrons. The van der Waals surface area contributed by atoms with Crippen LogP contribution in [-0.2, 0) is 0 Å². The summed E-state index contributed by atoms with van der Waals surface area (Å²) in [5, 5.41) is 24.1. The fraction of sp³-hybridized carbons (Fsp3) is 0. The molecular formula is C26H18O2. The van der Waals surface area contributed by atoms with Crippen LogP contribution in [0, 0.1) is 0 Å². The highest BCUT2D eigenvalue weighted by Crippen LogP contribution is 2.43. The van der Waals surface area contributed by atoms with Gasteiger partial charge in [0.15, 0.2) is 0 Å². The Balaban J connectivity index is 1.96. The van der Waals surface area contributed by atoms with Crippen LogP contribution in [0.25, 0.3) is 43.8 Å². The maximum atomic E-state index is 9.72. The van der Waals surface area contributed by atoms with Gasteiger partial charge in [-0.2, -0.15) is 0 Å². The maximum Gasteiger partial charge on any atom is 0.115 e. The van der Waals surface area contributed by atoms with Crippen molar-refractivity contribution in [3.8, 4) is 33.8 Å². The molecule has 0 aliphatic carbocycles. The van der Waals surface area contributed by atoms with Gasteiger partial charge in [-0.3, -0.25) is 0 Å². The fourth-order valence-electron chi connectivity index (χ4n) is 4.01. The molecule has 0 aromatic heterocycles. The zero-order chi connectivity index (χ0) is 19.1. The van der Waals surface area contributed by atoms with Crippen molar-refractivity contribution >= 4 is 21.5 Å². The summed E-state index contributed by atoms with van der Waals surface area (Å²) in [4.78, 5) is 0. The van der Waals surface area contributed by atoms with Gasteiger partial charge in [-0.05, 0) is 68.1 Å². The number of phenolic OH excluding ortho intramolecular Hbond substituents is 2. The summed E-state index contributed by atoms with van der Waals surface area (Å²) in [6, 6.07) is 31.6. The molecule has 0 aliphatic rings. The van der Waals surface area contributed by atoms with Crippen LogP contribution in [0.4, 0.5) is 0 Å². The lowest BCUT2D eigenvalue weighted by atomic mass is 9.86. The second-order valence-corrected chi connectivity index (χ2v) is 6.93. The Morgan fingerprint density at radius 1 is 0.357 bits per heavy atom. The number of phenols is 2. The summed E-state index contributed by atoms with van der Waals surface area (Å²) < 4.78 is 0. The van der Waals surface area contributed by atoms with Gasteiger partial charge < -0.3 is 10.2 Å². The molecule has 0 aliphatic heterocycles. The van der Waals surface area contributed by atoms with Crippen molar-refractivity contribution in [2.75, 3.05) is 0 Å². The first-order chi connectivity index (χ1) is 13.7. The molecule has 0 fully saturated rings. The van der Waals surface area contributed by atoms with Crippen LogP contribution >= 0.6 is 0 Å². The predicted molar refractivity (Wildman–Crippen MR) is 116 cm³/mol. The highest BCUT2D eigenvalue weighted by molar-refractivity contribution is 6.21. The third kappa shape index (κ3) is 2.58. The van der Waals surface area contributed by atoms with E-state index in [1.54, 1.807) is 24.3 Å². The van der Waals surface area contributed by atoms with E-state index >= 15 is 0 Å². The molecule has 0 saturated heterocycles. The van der Waals surface area contributed by atoms with E-state index in [0.717, 1.165) is 43.8 Å². The second kappa shape index (κ2) is 6.43. The molecule has 2 heteroatoms. The molecule has 0 saturated carbocycles. The van der Waals surface area contributed by atoms with Gasteiger partial charge in [-0.25, -0.2) is 0 Å². The van der Waals surface area contributed by atoms with Crippen LogP contribution in [0.5, 0.6) is 11.5 Å². The summed E-state index contributed by atoms with van der Waals surface area (Å²) in [5.41, 5.74) is 4.47. The van der Waals surface area contributed by atoms with E-state index < -0.39 is 0 Å². The largest absolute Gasteiger partial charge is 0.508 e. The van der Waals surface area contributed by atoms with Crippen LogP contribution < -0.4 is 0 Å². The van der Waals surface area contributed by atoms with Crippen molar-refractivity contribution in [3.63, 3.8) is 0 Å². The van der Waals surface area contributed by atoms with Crippen molar-refractivity contribution in [2.24, 2.45) is 0 Å². The molecule has 2 N–H and O–H groups in total. The van der Waals surface area contributed by atoms with E-state index in [-0.39, 0.29) is 11.5 Å². The van der Waals surface area contributed by atoms with E-state index in [1.165, 1.54) is 0 Å². The SMILES string of the molecule is Oc1ccc(-c2c3ccccc3c(-c3ccc(O)cc3)c3ccccc23)cc1. The quantitative estimate of drug-likeness (QED) is 0.341. The molecule has 0 atom stereocenters. The third-order valence-electron chi connectivity index (χ3n) is 5.24. The molecule has 0 spiro atoms. The number of rotatable bonds is 2. The molecule has 0 radical (unpaired) electrons. The number of hydrogen-bond donors (Lipinski definition) is 2. The summed E-state index contributed by atoms with van der Waals surface area (Å²) >= 11 is 0. The number of hydrogen-bond acceptors (Lipinski definition) is 2. The first-order valence-corrected chi connectivity index (χ1v) is 9.24. The van der Waals surface area contributed by atoms with Crippen LogP contribution in [0.3, 0.4) is 0 Å². The average molecular weight is 362 g/mol. The number of aromatic hydroxyl groups is 2. The van der Waals surface area contributed by atoms with Crippen LogP contribution in [0.15, 0.2) is 97.1 Å². The van der Waals surface area contributed by atoms with Crippen molar-refractivity contribution in [2.45, 2.75) is 0 Å². The Bertz CT molecular complexity index is 1140. The lowest BCUT2D eigenvalue weighted by Crippen LogP contribution is -1.90. The average Bonchev–Trinajstić information content (AvgIpc) is 2.74. The fourth-order valence-corrected chi connectivity index (χ4v) is 4.01. The zero-order valence-corrected chi connectivity index (χ0v) is 15.1. The summed E-state index contributed by atoms with van der Waals surface area (Å²) in [6.07, 6.45) is 0. The molecule has 28 heavy (non-hydrogen) atoms. The zero-order valence-electron chi connectivity index (χ0n) is 15.1. The van der Waals surface area contributed by atoms with E-state index in [9.17, 15) is 10.2 Å². The smallest absolute Gasteiger partial charge is 0.115 e. The first-order valence-electron chi connectivity index (χ1n) is 9.24. The van der Waals surface area contributed by atoms with Crippen LogP contribution in [0.1, 0.15) is 0 Å². The molecule has 0 bridgehead atoms. The minimum Gasteiger partial charge on any atom is -0.508 e. The minimum atomic E-state index is 0.262. The second-order valence-electron chi connectivity index (χ2n) is 6.93. The van der Waals surface area contributed by atoms with Crippen molar-refractivity contribution in [1.82, 2.24) is 0 Å². The Kier molecular flexibility index (Phi) is 3.77. The van der Waals surface area contributed by atoms with Gasteiger partial charge in [-0.15, -0.1) is 0 Å². The minimum absolute atomic E-state index is 0.262. The van der Waals surface area contributed by atoms with Gasteiger partial charge in [0.05, 0.1) is 0 Å². The maximum absolute atomic E-state index is 9.72. The van der Waals surface area contributed by atoms with Gasteiger partial charge in [-0.1, -0.05) is 72.8 Å². The Morgan fingerprint density at radius 3 is 0.929 bits per heavy atom. The Hall–Kier alpha value is -3.78. The summed E-state index contributed by atoms with van der Waals surface area (Å²) in [5.74, 6) is 0.524. The van der Waals surface area contributed by atoms with Crippen molar-refractivity contribution in [3.05, 3.63) is 97.1 Å². The third-order valence-corrected chi connectivity index (χ3v) is 5.24. The van der Waals surface area contributed by atoms with Crippen LogP contribution in [-0.4, -0.2) is 10.2 Å². The molecule has 0 heterocycles. The predicted octanol–water partition coefficient (Wildman–Crippen LogP) is 6.74. The normalized spacial score (nSPS) is 11.1. The molecule has 5 aromatic carbocycles. The van der Waals surface area contributed by atoms with E-state index in [2.05, 4.69) is 48.5 Å². The number of benzene rings is 5. The summed E-state index contributed by atoms with van der Waals surface area (Å²) in [6.45, 7) is 0. The molecule has 0 unspecified atom stereocenters. The van der Waals surface area contributed by atoms with E-state index in [4.69, 9.17) is 0 Å². The first kappa shape index (κ1) is 16.4. The Morgan fingerprint density at radius 2 is 0.643 bits per heavy atom. The van der Waals surface area contributed by atoms with E-state index in [0.29, 0.717) is 0 Å². The number of fused-ring (bicyclic) bond motifs is 2. The van der Waals surface area contributed by atoms with Crippen molar-refractivity contribution in [1.29, 1.82) is 0 Å². The van der Waals surface area contributed by atoms with Gasteiger partial charge in [0.1, 0.15) is 11.5 Å². The highest BCUT2D eigenvalue weighted by Gasteiger charge is 2.16. The molecule has 0 amide bonds. The van der Waals surface area contributed by atoms with E-state index in [1.807, 2.05) is 24.3 Å². The lowest BCUT2D eigenvalue weighted by Gasteiger charge is -2.17. The molecular weight excluding hydrogens is 344 g/mol. The van der Waals surface area contributed by atoms with Gasteiger partial charge >= 0.3 is 0 Å². The highest BCUT2D eigenvalue weighted by atomic mass is 16.3. The standard InChI is InChI=1S/C26H18O2/c27-19-13-9-17(10-14-19)25-21-5-1-2-6-22(21)26(18-11-15-20(28)16-12-18)24-8-4-3-7-23(24)25/h1-16,27-28H. The van der Waals surface area contributed by atoms with Gasteiger partial charge in [0.2, 0.25) is 0 Å². The molecule has 5 rings (SSSR count). The van der Waals surface area contributed by atoms with Gasteiger partial charge in [0.25, 0.3) is 0 Å². The van der Waals surface area contributed by atoms with Crippen molar-refractivity contribution < 1.29 is 10.2 Å².